The minimum atomic E-state index is -1.04. The van der Waals surface area contributed by atoms with Crippen LogP contribution < -0.4 is 14.8 Å². The van der Waals surface area contributed by atoms with E-state index in [2.05, 4.69) is 5.32 Å². The number of carbonyl (C=O) groups is 1. The van der Waals surface area contributed by atoms with Crippen molar-refractivity contribution >= 4 is 17.7 Å². The van der Waals surface area contributed by atoms with Gasteiger partial charge in [0.05, 0.1) is 23.8 Å². The zero-order valence-electron chi connectivity index (χ0n) is 15.9. The van der Waals surface area contributed by atoms with Crippen molar-refractivity contribution in [2.45, 2.75) is 39.8 Å². The number of rotatable bonds is 4. The van der Waals surface area contributed by atoms with Gasteiger partial charge in [0.2, 0.25) is 0 Å². The van der Waals surface area contributed by atoms with Gasteiger partial charge in [0.1, 0.15) is 11.5 Å². The van der Waals surface area contributed by atoms with Crippen LogP contribution >= 0.6 is 11.6 Å². The molecule has 1 amide bonds. The van der Waals surface area contributed by atoms with E-state index >= 15 is 0 Å². The molecule has 0 saturated carbocycles. The summed E-state index contributed by atoms with van der Waals surface area (Å²) in [6, 6.07) is 11.1. The van der Waals surface area contributed by atoms with Gasteiger partial charge >= 0.3 is 6.09 Å². The maximum atomic E-state index is 11.2. The van der Waals surface area contributed by atoms with Gasteiger partial charge in [-0.3, -0.25) is 0 Å². The molecule has 5 nitrogen and oxygen atoms in total. The Morgan fingerprint density at radius 2 is 1.93 bits per heavy atom. The Kier molecular flexibility index (Phi) is 5.24. The van der Waals surface area contributed by atoms with Crippen LogP contribution in [0.3, 0.4) is 0 Å². The van der Waals surface area contributed by atoms with Gasteiger partial charge in [-0.15, -0.1) is 0 Å². The fourth-order valence-corrected chi connectivity index (χ4v) is 3.50. The van der Waals surface area contributed by atoms with Crippen LogP contribution in [0.1, 0.15) is 39.3 Å². The van der Waals surface area contributed by atoms with Gasteiger partial charge in [0, 0.05) is 11.0 Å². The van der Waals surface area contributed by atoms with Crippen molar-refractivity contribution in [1.29, 1.82) is 0 Å². The molecule has 0 spiro atoms. The minimum absolute atomic E-state index is 0.0486. The van der Waals surface area contributed by atoms with E-state index < -0.39 is 6.09 Å². The van der Waals surface area contributed by atoms with E-state index in [0.29, 0.717) is 23.1 Å². The molecule has 2 aromatic carbocycles. The van der Waals surface area contributed by atoms with E-state index in [1.54, 1.807) is 0 Å². The predicted octanol–water partition coefficient (Wildman–Crippen LogP) is 5.52. The highest BCUT2D eigenvalue weighted by atomic mass is 35.5. The van der Waals surface area contributed by atoms with Gasteiger partial charge in [-0.25, -0.2) is 4.79 Å². The number of hydrogen-bond donors (Lipinski definition) is 2. The molecule has 1 aliphatic heterocycles. The third-order valence-corrected chi connectivity index (χ3v) is 4.90. The van der Waals surface area contributed by atoms with Gasteiger partial charge < -0.3 is 19.9 Å². The molecule has 1 aliphatic rings. The highest BCUT2D eigenvalue weighted by Crippen LogP contribution is 2.44. The highest BCUT2D eigenvalue weighted by Gasteiger charge is 2.38. The van der Waals surface area contributed by atoms with Crippen LogP contribution in [0.5, 0.6) is 11.5 Å². The van der Waals surface area contributed by atoms with Gasteiger partial charge in [0.25, 0.3) is 0 Å². The third kappa shape index (κ3) is 4.14. The summed E-state index contributed by atoms with van der Waals surface area (Å²) in [5, 5.41) is 12.4. The summed E-state index contributed by atoms with van der Waals surface area (Å²) in [5.74, 6) is 1.33. The Morgan fingerprint density at radius 3 is 2.56 bits per heavy atom. The van der Waals surface area contributed by atoms with E-state index in [0.717, 1.165) is 16.7 Å². The molecule has 0 bridgehead atoms. The van der Waals surface area contributed by atoms with E-state index in [-0.39, 0.29) is 17.6 Å². The normalized spacial score (nSPS) is 17.8. The Hall–Kier alpha value is -2.40. The number of nitrogens with one attached hydrogen (secondary N) is 1. The Morgan fingerprint density at radius 1 is 1.26 bits per heavy atom. The van der Waals surface area contributed by atoms with Crippen molar-refractivity contribution in [3.8, 4) is 22.6 Å². The lowest BCUT2D eigenvalue weighted by molar-refractivity contribution is 0.0996. The first-order chi connectivity index (χ1) is 12.7. The molecule has 1 unspecified atom stereocenters. The quantitative estimate of drug-likeness (QED) is 0.722. The van der Waals surface area contributed by atoms with Crippen LogP contribution in [0, 0.1) is 5.41 Å². The number of benzene rings is 2. The molecule has 0 aliphatic carbocycles. The smallest absolute Gasteiger partial charge is 0.405 e. The van der Waals surface area contributed by atoms with E-state index in [1.165, 1.54) is 0 Å². The summed E-state index contributed by atoms with van der Waals surface area (Å²) < 4.78 is 11.6. The second kappa shape index (κ2) is 7.31. The van der Waals surface area contributed by atoms with Crippen LogP contribution in [-0.4, -0.2) is 23.9 Å². The standard InChI is InChI=1S/C21H24ClNO4/c1-12(2)27-17-8-6-13(9-16(17)22)14-5-7-15-18(10-14)26-11-21(3,4)19(15)23-20(24)25/h5-10,12,19,23H,11H2,1-4H3,(H,24,25). The lowest BCUT2D eigenvalue weighted by Gasteiger charge is -2.39. The molecule has 1 heterocycles. The highest BCUT2D eigenvalue weighted by molar-refractivity contribution is 6.32. The molecular weight excluding hydrogens is 366 g/mol. The number of ether oxygens (including phenoxy) is 2. The lowest BCUT2D eigenvalue weighted by atomic mass is 9.78. The molecule has 2 aromatic rings. The SMILES string of the molecule is CC(C)Oc1ccc(-c2ccc3c(c2)OCC(C)(C)C3NC(=O)O)cc1Cl. The van der Waals surface area contributed by atoms with Crippen molar-refractivity contribution < 1.29 is 19.4 Å². The lowest BCUT2D eigenvalue weighted by Crippen LogP contribution is -2.43. The van der Waals surface area contributed by atoms with Crippen molar-refractivity contribution in [2.75, 3.05) is 6.61 Å². The zero-order valence-corrected chi connectivity index (χ0v) is 16.6. The first-order valence-corrected chi connectivity index (χ1v) is 9.28. The molecule has 0 fully saturated rings. The molecule has 6 heteroatoms. The second-order valence-electron chi connectivity index (χ2n) is 7.72. The molecule has 2 N–H and O–H groups in total. The van der Waals surface area contributed by atoms with Crippen molar-refractivity contribution in [2.24, 2.45) is 5.41 Å². The fraction of sp³-hybridized carbons (Fsp3) is 0.381. The van der Waals surface area contributed by atoms with Crippen LogP contribution in [0.4, 0.5) is 4.79 Å². The number of amides is 1. The Balaban J connectivity index is 1.95. The average Bonchev–Trinajstić information content (AvgIpc) is 2.58. The van der Waals surface area contributed by atoms with Crippen LogP contribution in [0.2, 0.25) is 5.02 Å². The molecular formula is C21H24ClNO4. The number of hydrogen-bond acceptors (Lipinski definition) is 3. The van der Waals surface area contributed by atoms with Gasteiger partial charge in [-0.2, -0.15) is 0 Å². The van der Waals surface area contributed by atoms with E-state index in [1.807, 2.05) is 64.1 Å². The summed E-state index contributed by atoms with van der Waals surface area (Å²) in [4.78, 5) is 11.2. The largest absolute Gasteiger partial charge is 0.493 e. The first-order valence-electron chi connectivity index (χ1n) is 8.90. The Bertz CT molecular complexity index is 863. The molecule has 0 saturated heterocycles. The molecule has 0 aromatic heterocycles. The molecule has 0 radical (unpaired) electrons. The minimum Gasteiger partial charge on any atom is -0.493 e. The van der Waals surface area contributed by atoms with Crippen LogP contribution in [-0.2, 0) is 0 Å². The van der Waals surface area contributed by atoms with Crippen molar-refractivity contribution in [3.63, 3.8) is 0 Å². The summed E-state index contributed by atoms with van der Waals surface area (Å²) in [7, 11) is 0. The van der Waals surface area contributed by atoms with Crippen LogP contribution in [0.15, 0.2) is 36.4 Å². The van der Waals surface area contributed by atoms with Crippen molar-refractivity contribution in [1.82, 2.24) is 5.32 Å². The maximum absolute atomic E-state index is 11.2. The van der Waals surface area contributed by atoms with Gasteiger partial charge in [-0.1, -0.05) is 43.6 Å². The molecule has 144 valence electrons. The first kappa shape index (κ1) is 19.4. The number of fused-ring (bicyclic) bond motifs is 1. The monoisotopic (exact) mass is 389 g/mol. The molecule has 27 heavy (non-hydrogen) atoms. The maximum Gasteiger partial charge on any atom is 0.405 e. The molecule has 3 rings (SSSR count). The average molecular weight is 390 g/mol. The van der Waals surface area contributed by atoms with E-state index in [4.69, 9.17) is 21.1 Å². The molecule has 1 atom stereocenters. The third-order valence-electron chi connectivity index (χ3n) is 4.60. The summed E-state index contributed by atoms with van der Waals surface area (Å²) in [6.07, 6.45) is -0.995. The van der Waals surface area contributed by atoms with Gasteiger partial charge in [0.15, 0.2) is 0 Å². The topological polar surface area (TPSA) is 67.8 Å². The predicted molar refractivity (Wildman–Crippen MR) is 106 cm³/mol. The number of carboxylic acid groups (broad SMARTS) is 1. The van der Waals surface area contributed by atoms with Crippen molar-refractivity contribution in [3.05, 3.63) is 47.0 Å². The summed E-state index contributed by atoms with van der Waals surface area (Å²) in [5.41, 5.74) is 2.38. The summed E-state index contributed by atoms with van der Waals surface area (Å²) in [6.45, 7) is 8.30. The van der Waals surface area contributed by atoms with Gasteiger partial charge in [-0.05, 0) is 43.2 Å². The Labute approximate surface area is 164 Å². The fourth-order valence-electron chi connectivity index (χ4n) is 3.27. The second-order valence-corrected chi connectivity index (χ2v) is 8.13. The van der Waals surface area contributed by atoms with Crippen LogP contribution in [0.25, 0.3) is 11.1 Å². The number of halogens is 1. The van der Waals surface area contributed by atoms with E-state index in [9.17, 15) is 9.90 Å². The summed E-state index contributed by atoms with van der Waals surface area (Å²) >= 11 is 6.35. The zero-order chi connectivity index (χ0) is 19.8.